The van der Waals surface area contributed by atoms with Crippen molar-refractivity contribution < 1.29 is 14.3 Å². The molecule has 3 nitrogen and oxygen atoms in total. The van der Waals surface area contributed by atoms with Gasteiger partial charge in [-0.25, -0.2) is 0 Å². The molecule has 0 unspecified atom stereocenters. The molecule has 16 heavy (non-hydrogen) atoms. The van der Waals surface area contributed by atoms with Gasteiger partial charge in [0, 0.05) is 5.56 Å². The highest BCUT2D eigenvalue weighted by atomic mass is 35.5. The zero-order valence-electron chi connectivity index (χ0n) is 9.46. The average molecular weight is 243 g/mol. The summed E-state index contributed by atoms with van der Waals surface area (Å²) in [7, 11) is 1.52. The monoisotopic (exact) mass is 242 g/mol. The molecule has 0 aliphatic heterocycles. The SMILES string of the molecule is CCCCOc1c(Cl)cc(C=O)cc1OC. The second kappa shape index (κ2) is 6.38. The van der Waals surface area contributed by atoms with Crippen molar-refractivity contribution in [1.82, 2.24) is 0 Å². The predicted molar refractivity (Wildman–Crippen MR) is 63.8 cm³/mol. The average Bonchev–Trinajstić information content (AvgIpc) is 2.30. The van der Waals surface area contributed by atoms with E-state index in [-0.39, 0.29) is 0 Å². The largest absolute Gasteiger partial charge is 0.493 e. The van der Waals surface area contributed by atoms with Gasteiger partial charge in [0.2, 0.25) is 0 Å². The molecular weight excluding hydrogens is 228 g/mol. The molecule has 0 amide bonds. The number of methoxy groups -OCH3 is 1. The lowest BCUT2D eigenvalue weighted by Crippen LogP contribution is -2.00. The Kier molecular flexibility index (Phi) is 5.12. The highest BCUT2D eigenvalue weighted by Gasteiger charge is 2.11. The van der Waals surface area contributed by atoms with Crippen molar-refractivity contribution in [2.75, 3.05) is 13.7 Å². The predicted octanol–water partition coefficient (Wildman–Crippen LogP) is 3.34. The lowest BCUT2D eigenvalue weighted by atomic mass is 10.2. The van der Waals surface area contributed by atoms with Gasteiger partial charge in [0.15, 0.2) is 11.5 Å². The fourth-order valence-corrected chi connectivity index (χ4v) is 1.54. The van der Waals surface area contributed by atoms with Gasteiger partial charge in [0.25, 0.3) is 0 Å². The van der Waals surface area contributed by atoms with E-state index < -0.39 is 0 Å². The fourth-order valence-electron chi connectivity index (χ4n) is 1.27. The van der Waals surface area contributed by atoms with E-state index in [1.807, 2.05) is 0 Å². The van der Waals surface area contributed by atoms with Crippen LogP contribution in [0, 0.1) is 0 Å². The molecule has 0 aliphatic rings. The minimum absolute atomic E-state index is 0.401. The van der Waals surface area contributed by atoms with E-state index in [0.29, 0.717) is 28.7 Å². The summed E-state index contributed by atoms with van der Waals surface area (Å²) in [6, 6.07) is 3.18. The van der Waals surface area contributed by atoms with Crippen LogP contribution in [-0.4, -0.2) is 20.0 Å². The quantitative estimate of drug-likeness (QED) is 0.567. The maximum Gasteiger partial charge on any atom is 0.179 e. The highest BCUT2D eigenvalue weighted by Crippen LogP contribution is 2.36. The van der Waals surface area contributed by atoms with Crippen molar-refractivity contribution in [3.63, 3.8) is 0 Å². The van der Waals surface area contributed by atoms with Crippen LogP contribution in [-0.2, 0) is 0 Å². The number of rotatable bonds is 6. The number of aldehydes is 1. The number of hydrogen-bond acceptors (Lipinski definition) is 3. The van der Waals surface area contributed by atoms with Crippen molar-refractivity contribution in [3.8, 4) is 11.5 Å². The second-order valence-corrected chi connectivity index (χ2v) is 3.76. The second-order valence-electron chi connectivity index (χ2n) is 3.35. The van der Waals surface area contributed by atoms with E-state index in [9.17, 15) is 4.79 Å². The number of carbonyl (C=O) groups is 1. The first-order chi connectivity index (χ1) is 7.72. The Bertz CT molecular complexity index is 364. The summed E-state index contributed by atoms with van der Waals surface area (Å²) in [4.78, 5) is 10.6. The number of benzene rings is 1. The van der Waals surface area contributed by atoms with Crippen LogP contribution in [0.15, 0.2) is 12.1 Å². The lowest BCUT2D eigenvalue weighted by molar-refractivity contribution is 0.112. The van der Waals surface area contributed by atoms with Gasteiger partial charge >= 0.3 is 0 Å². The molecule has 0 atom stereocenters. The Balaban J connectivity index is 2.92. The molecule has 88 valence electrons. The van der Waals surface area contributed by atoms with Crippen molar-refractivity contribution in [2.45, 2.75) is 19.8 Å². The van der Waals surface area contributed by atoms with Crippen LogP contribution in [0.1, 0.15) is 30.1 Å². The Labute approximate surface area is 100 Å². The maximum atomic E-state index is 10.6. The van der Waals surface area contributed by atoms with Gasteiger partial charge in [0.05, 0.1) is 18.7 Å². The summed E-state index contributed by atoms with van der Waals surface area (Å²) in [5, 5.41) is 0.401. The van der Waals surface area contributed by atoms with Crippen LogP contribution in [0.3, 0.4) is 0 Å². The van der Waals surface area contributed by atoms with E-state index in [2.05, 4.69) is 6.92 Å². The Morgan fingerprint density at radius 3 is 2.75 bits per heavy atom. The smallest absolute Gasteiger partial charge is 0.179 e. The van der Waals surface area contributed by atoms with Crippen molar-refractivity contribution in [2.24, 2.45) is 0 Å². The third kappa shape index (κ3) is 3.14. The summed E-state index contributed by atoms with van der Waals surface area (Å²) in [6.07, 6.45) is 2.73. The summed E-state index contributed by atoms with van der Waals surface area (Å²) in [6.45, 7) is 2.67. The van der Waals surface area contributed by atoms with Crippen LogP contribution in [0.25, 0.3) is 0 Å². The van der Waals surface area contributed by atoms with Crippen LogP contribution >= 0.6 is 11.6 Å². The molecule has 4 heteroatoms. The van der Waals surface area contributed by atoms with Crippen LogP contribution in [0.4, 0.5) is 0 Å². The van der Waals surface area contributed by atoms with E-state index >= 15 is 0 Å². The lowest BCUT2D eigenvalue weighted by Gasteiger charge is -2.12. The molecule has 0 bridgehead atoms. The Morgan fingerprint density at radius 1 is 1.44 bits per heavy atom. The Morgan fingerprint density at radius 2 is 2.19 bits per heavy atom. The van der Waals surface area contributed by atoms with Gasteiger partial charge in [-0.15, -0.1) is 0 Å². The summed E-state index contributed by atoms with van der Waals surface area (Å²) in [5.41, 5.74) is 0.477. The summed E-state index contributed by atoms with van der Waals surface area (Å²) in [5.74, 6) is 0.994. The molecule has 0 saturated heterocycles. The minimum atomic E-state index is 0.401. The number of ether oxygens (including phenoxy) is 2. The fraction of sp³-hybridized carbons (Fsp3) is 0.417. The zero-order valence-corrected chi connectivity index (χ0v) is 10.2. The standard InChI is InChI=1S/C12H15ClO3/c1-3-4-5-16-12-10(13)6-9(8-14)7-11(12)15-2/h6-8H,3-5H2,1-2H3. The molecule has 0 saturated carbocycles. The molecule has 0 spiro atoms. The molecule has 1 aromatic carbocycles. The summed E-state index contributed by atoms with van der Waals surface area (Å²) < 4.78 is 10.7. The van der Waals surface area contributed by atoms with Gasteiger partial charge < -0.3 is 9.47 Å². The van der Waals surface area contributed by atoms with Gasteiger partial charge in [-0.2, -0.15) is 0 Å². The zero-order chi connectivity index (χ0) is 12.0. The molecule has 0 aliphatic carbocycles. The topological polar surface area (TPSA) is 35.5 Å². The molecule has 1 rings (SSSR count). The maximum absolute atomic E-state index is 10.6. The number of hydrogen-bond donors (Lipinski definition) is 0. The Hall–Kier alpha value is -1.22. The van der Waals surface area contributed by atoms with Gasteiger partial charge in [0.1, 0.15) is 6.29 Å². The summed E-state index contributed by atoms with van der Waals surface area (Å²) >= 11 is 6.01. The van der Waals surface area contributed by atoms with Gasteiger partial charge in [-0.1, -0.05) is 24.9 Å². The first-order valence-electron chi connectivity index (χ1n) is 5.18. The third-order valence-corrected chi connectivity index (χ3v) is 2.41. The number of unbranched alkanes of at least 4 members (excludes halogenated alkanes) is 1. The van der Waals surface area contributed by atoms with E-state index in [1.54, 1.807) is 12.1 Å². The third-order valence-electron chi connectivity index (χ3n) is 2.13. The number of halogens is 1. The molecule has 0 fully saturated rings. The van der Waals surface area contributed by atoms with E-state index in [1.165, 1.54) is 7.11 Å². The van der Waals surface area contributed by atoms with Gasteiger partial charge in [-0.3, -0.25) is 4.79 Å². The van der Waals surface area contributed by atoms with Crippen LogP contribution in [0.2, 0.25) is 5.02 Å². The molecule has 0 heterocycles. The molecule has 0 aromatic heterocycles. The first-order valence-corrected chi connectivity index (χ1v) is 5.56. The normalized spacial score (nSPS) is 9.94. The van der Waals surface area contributed by atoms with Crippen LogP contribution < -0.4 is 9.47 Å². The first kappa shape index (κ1) is 12.8. The molecule has 0 N–H and O–H groups in total. The number of carbonyl (C=O) groups excluding carboxylic acids is 1. The van der Waals surface area contributed by atoms with Crippen molar-refractivity contribution >= 4 is 17.9 Å². The van der Waals surface area contributed by atoms with Crippen molar-refractivity contribution in [1.29, 1.82) is 0 Å². The van der Waals surface area contributed by atoms with Crippen molar-refractivity contribution in [3.05, 3.63) is 22.7 Å². The van der Waals surface area contributed by atoms with Gasteiger partial charge in [-0.05, 0) is 18.6 Å². The molecule has 0 radical (unpaired) electrons. The minimum Gasteiger partial charge on any atom is -0.493 e. The highest BCUT2D eigenvalue weighted by molar-refractivity contribution is 6.32. The van der Waals surface area contributed by atoms with E-state index in [0.717, 1.165) is 19.1 Å². The van der Waals surface area contributed by atoms with E-state index in [4.69, 9.17) is 21.1 Å². The molecular formula is C12H15ClO3. The van der Waals surface area contributed by atoms with Crippen LogP contribution in [0.5, 0.6) is 11.5 Å². The molecule has 1 aromatic rings.